The van der Waals surface area contributed by atoms with E-state index >= 15 is 0 Å². The van der Waals surface area contributed by atoms with E-state index in [1.54, 1.807) is 18.6 Å². The van der Waals surface area contributed by atoms with E-state index in [0.29, 0.717) is 21.3 Å². The van der Waals surface area contributed by atoms with Crippen LogP contribution in [0.5, 0.6) is 0 Å². The molecule has 0 aliphatic carbocycles. The van der Waals surface area contributed by atoms with Crippen molar-refractivity contribution in [1.29, 1.82) is 0 Å². The summed E-state index contributed by atoms with van der Waals surface area (Å²) in [7, 11) is 1.88. The maximum Gasteiger partial charge on any atom is 1.00 e. The molecular formula is C11H7ClKN3S. The molecule has 0 aliphatic rings. The first kappa shape index (κ1) is 15.1. The number of imidazole rings is 1. The number of hydrogen-bond donors (Lipinski definition) is 0. The van der Waals surface area contributed by atoms with Crippen LogP contribution < -0.4 is 51.4 Å². The summed E-state index contributed by atoms with van der Waals surface area (Å²) in [6.07, 6.45) is 5.09. The molecule has 80 valence electrons. The minimum atomic E-state index is 0. The largest absolute Gasteiger partial charge is 1.00 e. The van der Waals surface area contributed by atoms with E-state index in [9.17, 15) is 0 Å². The average molecular weight is 288 g/mol. The van der Waals surface area contributed by atoms with Crippen LogP contribution in [-0.2, 0) is 19.7 Å². The van der Waals surface area contributed by atoms with Gasteiger partial charge in [-0.15, -0.1) is 0 Å². The van der Waals surface area contributed by atoms with Crippen LogP contribution in [0.3, 0.4) is 0 Å². The van der Waals surface area contributed by atoms with Crippen molar-refractivity contribution in [3.05, 3.63) is 41.2 Å². The summed E-state index contributed by atoms with van der Waals surface area (Å²) < 4.78 is 1.82. The Hall–Kier alpha value is 0.0664. The zero-order valence-electron chi connectivity index (χ0n) is 9.44. The van der Waals surface area contributed by atoms with Crippen LogP contribution in [-0.4, -0.2) is 14.5 Å². The molecule has 0 amide bonds. The minimum absolute atomic E-state index is 0. The van der Waals surface area contributed by atoms with Gasteiger partial charge in [-0.2, -0.15) is 4.90 Å². The van der Waals surface area contributed by atoms with E-state index in [4.69, 9.17) is 24.2 Å². The average Bonchev–Trinajstić information content (AvgIpc) is 2.67. The summed E-state index contributed by atoms with van der Waals surface area (Å²) in [6.45, 7) is 0. The van der Waals surface area contributed by atoms with Gasteiger partial charge in [0.15, 0.2) is 0 Å². The van der Waals surface area contributed by atoms with Gasteiger partial charge in [-0.1, -0.05) is 17.7 Å². The number of halogens is 1. The summed E-state index contributed by atoms with van der Waals surface area (Å²) in [5.74, 6) is 5.72. The van der Waals surface area contributed by atoms with Crippen LogP contribution in [0.1, 0.15) is 11.4 Å². The zero-order chi connectivity index (χ0) is 11.5. The van der Waals surface area contributed by atoms with Gasteiger partial charge in [0.2, 0.25) is 0 Å². The van der Waals surface area contributed by atoms with Gasteiger partial charge >= 0.3 is 51.4 Å². The number of pyridine rings is 1. The van der Waals surface area contributed by atoms with Crippen molar-refractivity contribution in [3.63, 3.8) is 0 Å². The third kappa shape index (κ3) is 4.04. The van der Waals surface area contributed by atoms with E-state index in [1.807, 2.05) is 17.8 Å². The summed E-state index contributed by atoms with van der Waals surface area (Å²) in [5.41, 5.74) is 1.16. The molecule has 0 fully saturated rings. The second-order valence-corrected chi connectivity index (χ2v) is 3.96. The first-order valence-corrected chi connectivity index (χ1v) is 5.27. The molecule has 0 unspecified atom stereocenters. The van der Waals surface area contributed by atoms with Crippen molar-refractivity contribution in [2.75, 3.05) is 0 Å². The molecule has 2 aromatic heterocycles. The van der Waals surface area contributed by atoms with Crippen LogP contribution in [0.2, 0.25) is 5.02 Å². The summed E-state index contributed by atoms with van der Waals surface area (Å²) in [6, 6.07) is 1.67. The fourth-order valence-corrected chi connectivity index (χ4v) is 1.43. The monoisotopic (exact) mass is 287 g/mol. The first-order chi connectivity index (χ1) is 7.66. The van der Waals surface area contributed by atoms with Crippen molar-refractivity contribution in [2.24, 2.45) is 7.05 Å². The number of nitrogens with zero attached hydrogens (tertiary/aromatic N) is 3. The Balaban J connectivity index is 0.00000144. The third-order valence-corrected chi connectivity index (χ3v) is 2.70. The molecule has 0 saturated carbocycles. The van der Waals surface area contributed by atoms with Crippen molar-refractivity contribution in [3.8, 4) is 11.8 Å². The third-order valence-electron chi connectivity index (χ3n) is 1.87. The van der Waals surface area contributed by atoms with Gasteiger partial charge in [0.1, 0.15) is 11.4 Å². The first-order valence-electron chi connectivity index (χ1n) is 4.48. The van der Waals surface area contributed by atoms with Crippen LogP contribution in [0.15, 0.2) is 29.7 Å². The summed E-state index contributed by atoms with van der Waals surface area (Å²) in [5, 5.41) is 0.418. The fraction of sp³-hybridized carbons (Fsp3) is 0.0909. The molecule has 0 atom stereocenters. The van der Waals surface area contributed by atoms with Gasteiger partial charge in [-0.25, -0.2) is 9.97 Å². The van der Waals surface area contributed by atoms with Crippen LogP contribution in [0.25, 0.3) is 0 Å². The standard InChI is InChI=1S/C11H8ClN3S.K/c1-15-6-8(14-7-15)2-3-9-11(12)10(16)4-5-13-9;/h4-7H,1H3,(H,13,16);/q;+1/p-1. The molecule has 0 N–H and O–H groups in total. The Morgan fingerprint density at radius 3 is 2.76 bits per heavy atom. The molecule has 2 aromatic rings. The summed E-state index contributed by atoms with van der Waals surface area (Å²) in [4.78, 5) is 8.69. The minimum Gasteiger partial charge on any atom is -0.778 e. The SMILES string of the molecule is Cn1cnc(C#Cc2nccc([S-])c2Cl)c1.[K+]. The molecule has 0 aromatic carbocycles. The predicted molar refractivity (Wildman–Crippen MR) is 64.1 cm³/mol. The van der Waals surface area contributed by atoms with E-state index in [1.165, 1.54) is 0 Å². The van der Waals surface area contributed by atoms with Gasteiger partial charge < -0.3 is 17.2 Å². The van der Waals surface area contributed by atoms with E-state index in [2.05, 4.69) is 21.8 Å². The van der Waals surface area contributed by atoms with E-state index in [-0.39, 0.29) is 51.4 Å². The Morgan fingerprint density at radius 2 is 2.12 bits per heavy atom. The quantitative estimate of drug-likeness (QED) is 0.346. The van der Waals surface area contributed by atoms with Crippen LogP contribution in [0, 0.1) is 11.8 Å². The molecule has 0 bridgehead atoms. The number of rotatable bonds is 0. The smallest absolute Gasteiger partial charge is 0.778 e. The molecule has 2 heterocycles. The van der Waals surface area contributed by atoms with Crippen molar-refractivity contribution < 1.29 is 51.4 Å². The molecule has 0 spiro atoms. The molecule has 0 radical (unpaired) electrons. The Bertz CT molecular complexity index is 586. The Morgan fingerprint density at radius 1 is 1.35 bits per heavy atom. The van der Waals surface area contributed by atoms with Gasteiger partial charge in [-0.05, 0) is 11.8 Å². The van der Waals surface area contributed by atoms with Gasteiger partial charge in [-0.3, -0.25) is 0 Å². The summed E-state index contributed by atoms with van der Waals surface area (Å²) >= 11 is 11.0. The normalized spacial score (nSPS) is 9.06. The van der Waals surface area contributed by atoms with Crippen molar-refractivity contribution in [2.45, 2.75) is 4.90 Å². The molecule has 2 rings (SSSR count). The second kappa shape index (κ2) is 6.85. The number of aromatic nitrogens is 3. The maximum absolute atomic E-state index is 5.97. The second-order valence-electron chi connectivity index (χ2n) is 3.15. The molecule has 0 saturated heterocycles. The molecule has 0 aliphatic heterocycles. The molecule has 6 heteroatoms. The predicted octanol–water partition coefficient (Wildman–Crippen LogP) is -1.22. The van der Waals surface area contributed by atoms with E-state index in [0.717, 1.165) is 0 Å². The van der Waals surface area contributed by atoms with Gasteiger partial charge in [0.05, 0.1) is 11.3 Å². The fourth-order valence-electron chi connectivity index (χ4n) is 1.11. The van der Waals surface area contributed by atoms with Gasteiger partial charge in [0, 0.05) is 19.4 Å². The number of hydrogen-bond acceptors (Lipinski definition) is 3. The molecule has 3 nitrogen and oxygen atoms in total. The zero-order valence-corrected chi connectivity index (χ0v) is 14.1. The van der Waals surface area contributed by atoms with Crippen molar-refractivity contribution >= 4 is 24.2 Å². The molecule has 17 heavy (non-hydrogen) atoms. The Kier molecular flexibility index (Phi) is 6.10. The van der Waals surface area contributed by atoms with Gasteiger partial charge in [0.25, 0.3) is 0 Å². The van der Waals surface area contributed by atoms with Crippen LogP contribution >= 0.6 is 11.6 Å². The number of aryl methyl sites for hydroxylation is 1. The topological polar surface area (TPSA) is 30.7 Å². The van der Waals surface area contributed by atoms with Crippen LogP contribution in [0.4, 0.5) is 0 Å². The van der Waals surface area contributed by atoms with E-state index < -0.39 is 0 Å². The maximum atomic E-state index is 5.97. The van der Waals surface area contributed by atoms with Crippen molar-refractivity contribution in [1.82, 2.24) is 14.5 Å². The Labute approximate surface area is 153 Å². The molecular weight excluding hydrogens is 281 g/mol.